The number of piperidine rings is 2. The Morgan fingerprint density at radius 3 is 1.54 bits per heavy atom. The van der Waals surface area contributed by atoms with Crippen LogP contribution in [-0.4, -0.2) is 106 Å². The molecule has 0 unspecified atom stereocenters. The fourth-order valence-electron chi connectivity index (χ4n) is 6.92. The van der Waals surface area contributed by atoms with Gasteiger partial charge in [-0.3, -0.25) is 17.6 Å². The Hall–Kier alpha value is -3.01. The van der Waals surface area contributed by atoms with Crippen molar-refractivity contribution in [2.75, 3.05) is 81.6 Å². The predicted octanol–water partition coefficient (Wildman–Crippen LogP) is 6.92. The smallest absolute Gasteiger partial charge is 1.00 e. The summed E-state index contributed by atoms with van der Waals surface area (Å²) in [6.45, 7) is 4.54. The average molecular weight is 873 g/mol. The molecule has 2 saturated heterocycles. The molecule has 2 aromatic carbocycles. The van der Waals surface area contributed by atoms with E-state index in [9.17, 15) is 13.2 Å². The van der Waals surface area contributed by atoms with Crippen molar-refractivity contribution in [2.45, 2.75) is 60.8 Å². The molecule has 0 amide bonds. The van der Waals surface area contributed by atoms with E-state index < -0.39 is 13.8 Å². The summed E-state index contributed by atoms with van der Waals surface area (Å²) in [5.74, 6) is 4.82. The van der Waals surface area contributed by atoms with Crippen LogP contribution < -0.4 is 39.4 Å². The molecule has 0 saturated carbocycles. The third-order valence-corrected chi connectivity index (χ3v) is 10.0. The van der Waals surface area contributed by atoms with Gasteiger partial charge in [-0.15, -0.1) is 0 Å². The normalized spacial score (nSPS) is 14.4. The summed E-state index contributed by atoms with van der Waals surface area (Å²) < 4.78 is 47.5. The van der Waals surface area contributed by atoms with Crippen LogP contribution in [0.2, 0.25) is 0 Å². The van der Waals surface area contributed by atoms with Crippen LogP contribution in [0.15, 0.2) is 73.1 Å². The number of fused-ring (bicyclic) bond motifs is 6. The second kappa shape index (κ2) is 27.6. The summed E-state index contributed by atoms with van der Waals surface area (Å²) in [5.41, 5.74) is 4.13. The maximum atomic E-state index is 12.0. The van der Waals surface area contributed by atoms with Crippen LogP contribution in [0, 0.1) is 11.8 Å². The van der Waals surface area contributed by atoms with Crippen LogP contribution in [0.1, 0.15) is 63.6 Å². The minimum absolute atomic E-state index is 0. The first-order chi connectivity index (χ1) is 26.5. The molecule has 0 radical (unpaired) electrons. The first-order valence-corrected chi connectivity index (χ1v) is 19.3. The van der Waals surface area contributed by atoms with Gasteiger partial charge in [0.05, 0.1) is 43.9 Å². The van der Waals surface area contributed by atoms with E-state index >= 15 is 0 Å². The Morgan fingerprint density at radius 1 is 0.719 bits per heavy atom. The number of halogens is 4. The van der Waals surface area contributed by atoms with Gasteiger partial charge in [-0.2, -0.15) is 9.97 Å². The first-order valence-electron chi connectivity index (χ1n) is 18.9. The zero-order valence-corrected chi connectivity index (χ0v) is 34.6. The fourth-order valence-corrected chi connectivity index (χ4v) is 6.92. The standard InChI is InChI=1S/C19H23FN4O.C17H20N4O.C2H4BrF.CH3F.3CH4.Na.H/c20-9-14-25-13-8-15-5-10-23(11-6-15)18-7-12-24-17-4-2-1-3-16(17)21-19(24)22-18;22-12-8-13-5-9-20(10-6-13)16-7-11-21-15-4-2-1-3-14(15)18-17(21)19-16;3-1-2-4;1-2;;;;;/h1-4,7,12,15H,5-6,8-11,13-14H2;1-4,7,11,13,22H,5-6,8-10,12H2;1-2H2;1H3;3*1H4;;/q;;;;;;;+1;-1/i;;;1D;;;;;. The van der Waals surface area contributed by atoms with Gasteiger partial charge in [0.25, 0.3) is 0 Å². The molecule has 57 heavy (non-hydrogen) atoms. The Bertz CT molecular complexity index is 2000. The van der Waals surface area contributed by atoms with Crippen LogP contribution in [0.25, 0.3) is 33.6 Å². The topological polar surface area (TPSA) is 96.3 Å². The van der Waals surface area contributed by atoms with E-state index in [0.717, 1.165) is 110 Å². The Labute approximate surface area is 370 Å². The molecule has 6 heterocycles. The molecule has 2 aliphatic rings. The second-order valence-corrected chi connectivity index (χ2v) is 13.7. The summed E-state index contributed by atoms with van der Waals surface area (Å²) in [5, 5.41) is 9.52. The molecule has 10 nitrogen and oxygen atoms in total. The van der Waals surface area contributed by atoms with Crippen molar-refractivity contribution in [2.24, 2.45) is 11.8 Å². The van der Waals surface area contributed by atoms with Crippen molar-refractivity contribution >= 4 is 61.2 Å². The number of hydrogen-bond donors (Lipinski definition) is 1. The molecule has 0 atom stereocenters. The molecule has 4 aromatic heterocycles. The molecule has 1 N–H and O–H groups in total. The van der Waals surface area contributed by atoms with Crippen molar-refractivity contribution in [3.63, 3.8) is 0 Å². The number of aliphatic hydroxyl groups excluding tert-OH is 1. The zero-order chi connectivity index (χ0) is 38.1. The number of aromatic nitrogens is 6. The second-order valence-electron chi connectivity index (χ2n) is 13.0. The van der Waals surface area contributed by atoms with Crippen LogP contribution in [0.4, 0.5) is 24.8 Å². The van der Waals surface area contributed by atoms with Crippen molar-refractivity contribution in [1.82, 2.24) is 28.7 Å². The summed E-state index contributed by atoms with van der Waals surface area (Å²) >= 11 is 2.87. The van der Waals surface area contributed by atoms with Crippen LogP contribution in [0.3, 0.4) is 0 Å². The van der Waals surface area contributed by atoms with E-state index in [4.69, 9.17) is 21.2 Å². The van der Waals surface area contributed by atoms with Crippen molar-refractivity contribution in [3.8, 4) is 0 Å². The van der Waals surface area contributed by atoms with Crippen LogP contribution in [-0.2, 0) is 4.74 Å². The molecule has 6 aromatic rings. The van der Waals surface area contributed by atoms with Crippen molar-refractivity contribution < 1.29 is 55.4 Å². The van der Waals surface area contributed by atoms with Gasteiger partial charge in [-0.1, -0.05) is 62.5 Å². The van der Waals surface area contributed by atoms with E-state index in [1.165, 1.54) is 0 Å². The number of hydrogen-bond acceptors (Lipinski definition) is 8. The SMILES string of the molecule is C.C.C.FCCBr.FCCOCCC1CCN(c2ccn3c(n2)nc2ccccc23)CC1.OCCC1CCN(c2ccn3c(n2)nc2ccccc23)CC1.[2H]CF.[H-].[Na+]. The average Bonchev–Trinajstić information content (AvgIpc) is 3.78. The zero-order valence-electron chi connectivity index (χ0n) is 33.0. The van der Waals surface area contributed by atoms with E-state index in [-0.39, 0.29) is 66.5 Å². The maximum Gasteiger partial charge on any atom is 1.00 e. The van der Waals surface area contributed by atoms with Gasteiger partial charge in [-0.25, -0.2) is 14.4 Å². The number of benzene rings is 2. The largest absolute Gasteiger partial charge is 1.00 e. The molecule has 0 aliphatic carbocycles. The number of alkyl halides is 4. The summed E-state index contributed by atoms with van der Waals surface area (Å²) in [6, 6.07) is 20.4. The minimum atomic E-state index is -1.00. The molecule has 0 spiro atoms. The number of anilines is 2. The third-order valence-electron chi connectivity index (χ3n) is 9.71. The van der Waals surface area contributed by atoms with Crippen LogP contribution >= 0.6 is 15.9 Å². The number of aliphatic hydroxyl groups is 1. The fraction of sp³-hybridized carbons (Fsp3) is 0.524. The van der Waals surface area contributed by atoms with Gasteiger partial charge in [0.1, 0.15) is 18.3 Å². The van der Waals surface area contributed by atoms with E-state index in [2.05, 4.69) is 72.4 Å². The summed E-state index contributed by atoms with van der Waals surface area (Å²) in [7, 11) is -1.00. The monoisotopic (exact) mass is 871 g/mol. The number of rotatable bonds is 10. The maximum absolute atomic E-state index is 12.0. The Kier molecular flexibility index (Phi) is 24.3. The Morgan fingerprint density at radius 2 is 1.14 bits per heavy atom. The molecule has 2 aliphatic heterocycles. The van der Waals surface area contributed by atoms with Gasteiger partial charge in [0.2, 0.25) is 11.6 Å². The quantitative estimate of drug-likeness (QED) is 0.0902. The van der Waals surface area contributed by atoms with Crippen molar-refractivity contribution in [3.05, 3.63) is 73.1 Å². The minimum Gasteiger partial charge on any atom is -1.00 e. The molecular formula is C42H63BrF3N8NaO2. The molecule has 8 rings (SSSR count). The first kappa shape index (κ1) is 50.1. The van der Waals surface area contributed by atoms with Gasteiger partial charge in [-0.05, 0) is 86.8 Å². The number of para-hydroxylation sites is 4. The van der Waals surface area contributed by atoms with Gasteiger partial charge < -0.3 is 21.1 Å². The van der Waals surface area contributed by atoms with E-state index in [1.807, 2.05) is 45.2 Å². The molecular weight excluding hydrogens is 808 g/mol. The van der Waals surface area contributed by atoms with Crippen molar-refractivity contribution in [1.29, 1.82) is 0 Å². The molecule has 2 fully saturated rings. The van der Waals surface area contributed by atoms with Gasteiger partial charge >= 0.3 is 29.6 Å². The third kappa shape index (κ3) is 14.1. The molecule has 0 bridgehead atoms. The number of nitrogens with zero attached hydrogens (tertiary/aromatic N) is 8. The Balaban J connectivity index is 0.000000922. The molecule has 312 valence electrons. The van der Waals surface area contributed by atoms with E-state index in [0.29, 0.717) is 30.4 Å². The van der Waals surface area contributed by atoms with Gasteiger partial charge in [0, 0.05) is 57.1 Å². The van der Waals surface area contributed by atoms with E-state index in [1.54, 1.807) is 0 Å². The molecule has 15 heteroatoms. The predicted molar refractivity (Wildman–Crippen MR) is 232 cm³/mol. The summed E-state index contributed by atoms with van der Waals surface area (Å²) in [4.78, 5) is 23.4. The number of imidazole rings is 2. The van der Waals surface area contributed by atoms with Gasteiger partial charge in [0.15, 0.2) is 0 Å². The summed E-state index contributed by atoms with van der Waals surface area (Å²) in [6.07, 6.45) is 10.6. The number of ether oxygens (including phenoxy) is 1. The van der Waals surface area contributed by atoms with Crippen LogP contribution in [0.5, 0.6) is 0 Å².